The number of alkyl halides is 3. The van der Waals surface area contributed by atoms with Crippen LogP contribution in [-0.4, -0.2) is 14.6 Å². The number of nitrogens with zero attached hydrogens (tertiary/aromatic N) is 1. The molecule has 0 aromatic heterocycles. The van der Waals surface area contributed by atoms with Crippen molar-refractivity contribution < 1.29 is 26.0 Å². The van der Waals surface area contributed by atoms with E-state index < -0.39 is 27.6 Å². The molecule has 0 aliphatic rings. The Morgan fingerprint density at radius 1 is 0.957 bits per heavy atom. The summed E-state index contributed by atoms with van der Waals surface area (Å²) in [6.45, 7) is 0. The van der Waals surface area contributed by atoms with Crippen molar-refractivity contribution in [1.29, 1.82) is 0 Å². The number of nitrogens with one attached hydrogen (secondary N) is 1. The molecule has 0 saturated carbocycles. The molecule has 0 amide bonds. The topological polar surface area (TPSA) is 58.5 Å². The number of hydrogen-bond acceptors (Lipinski definition) is 3. The maximum absolute atomic E-state index is 12.7. The maximum Gasteiger partial charge on any atom is 0.416 e. The van der Waals surface area contributed by atoms with Gasteiger partial charge in [-0.25, -0.2) is 9.22 Å². The second-order valence-corrected chi connectivity index (χ2v) is 6.09. The summed E-state index contributed by atoms with van der Waals surface area (Å²) in [6, 6.07) is 8.10. The Kier molecular flexibility index (Phi) is 4.69. The Bertz CT molecular complexity index is 798. The lowest BCUT2D eigenvalue weighted by atomic mass is 10.1. The number of sulfonamides is 1. The van der Waals surface area contributed by atoms with E-state index in [9.17, 15) is 26.0 Å². The van der Waals surface area contributed by atoms with Gasteiger partial charge in [-0.3, -0.25) is 0 Å². The molecule has 0 aliphatic heterocycles. The largest absolute Gasteiger partial charge is 0.416 e. The minimum Gasteiger partial charge on any atom is -0.207 e. The van der Waals surface area contributed by atoms with Gasteiger partial charge in [-0.15, -0.1) is 0 Å². The van der Waals surface area contributed by atoms with Gasteiger partial charge in [-0.1, -0.05) is 12.1 Å². The van der Waals surface area contributed by atoms with Gasteiger partial charge < -0.3 is 0 Å². The van der Waals surface area contributed by atoms with E-state index in [2.05, 4.69) is 5.10 Å². The standard InChI is InChI=1S/C14H10F4N2O2S/c15-12-5-7-13(8-6-12)23(21,22)20-19-9-10-1-3-11(4-2-10)14(16,17)18/h1-9,20H/b19-9+. The summed E-state index contributed by atoms with van der Waals surface area (Å²) in [6.07, 6.45) is -3.39. The van der Waals surface area contributed by atoms with Gasteiger partial charge in [-0.05, 0) is 42.0 Å². The molecule has 0 radical (unpaired) electrons. The highest BCUT2D eigenvalue weighted by molar-refractivity contribution is 7.89. The lowest BCUT2D eigenvalue weighted by molar-refractivity contribution is -0.137. The van der Waals surface area contributed by atoms with Crippen LogP contribution in [0.25, 0.3) is 0 Å². The van der Waals surface area contributed by atoms with E-state index in [0.717, 1.165) is 54.7 Å². The third-order valence-electron chi connectivity index (χ3n) is 2.75. The minimum absolute atomic E-state index is 0.191. The summed E-state index contributed by atoms with van der Waals surface area (Å²) >= 11 is 0. The molecule has 0 atom stereocenters. The first-order chi connectivity index (χ1) is 10.7. The highest BCUT2D eigenvalue weighted by Crippen LogP contribution is 2.28. The number of rotatable bonds is 4. The second-order valence-electron chi connectivity index (χ2n) is 4.43. The molecular formula is C14H10F4N2O2S. The summed E-state index contributed by atoms with van der Waals surface area (Å²) in [5.74, 6) is -0.586. The Morgan fingerprint density at radius 3 is 2.04 bits per heavy atom. The molecule has 9 heteroatoms. The van der Waals surface area contributed by atoms with Crippen LogP contribution in [0, 0.1) is 5.82 Å². The zero-order valence-electron chi connectivity index (χ0n) is 11.4. The van der Waals surface area contributed by atoms with E-state index in [1.165, 1.54) is 0 Å². The fraction of sp³-hybridized carbons (Fsp3) is 0.0714. The molecule has 0 fully saturated rings. The normalized spacial score (nSPS) is 12.5. The number of hydrogen-bond donors (Lipinski definition) is 1. The number of halogens is 4. The number of benzene rings is 2. The molecule has 4 nitrogen and oxygen atoms in total. The average Bonchev–Trinajstić information content (AvgIpc) is 2.47. The summed E-state index contributed by atoms with van der Waals surface area (Å²) in [5.41, 5.74) is -0.540. The first-order valence-electron chi connectivity index (χ1n) is 6.16. The highest BCUT2D eigenvalue weighted by Gasteiger charge is 2.29. The zero-order valence-corrected chi connectivity index (χ0v) is 12.2. The first kappa shape index (κ1) is 16.9. The molecule has 23 heavy (non-hydrogen) atoms. The molecule has 2 aromatic carbocycles. The van der Waals surface area contributed by atoms with E-state index in [0.29, 0.717) is 0 Å². The predicted molar refractivity (Wildman–Crippen MR) is 75.8 cm³/mol. The lowest BCUT2D eigenvalue weighted by Gasteiger charge is -2.06. The van der Waals surface area contributed by atoms with Gasteiger partial charge in [0.2, 0.25) is 0 Å². The van der Waals surface area contributed by atoms with Gasteiger partial charge >= 0.3 is 6.18 Å². The molecule has 0 bridgehead atoms. The summed E-state index contributed by atoms with van der Waals surface area (Å²) < 4.78 is 73.6. The third kappa shape index (κ3) is 4.52. The number of hydrazone groups is 1. The molecular weight excluding hydrogens is 336 g/mol. The van der Waals surface area contributed by atoms with Crippen molar-refractivity contribution >= 4 is 16.2 Å². The lowest BCUT2D eigenvalue weighted by Crippen LogP contribution is -2.18. The van der Waals surface area contributed by atoms with Crippen LogP contribution in [0.4, 0.5) is 17.6 Å². The van der Waals surface area contributed by atoms with Crippen molar-refractivity contribution in [3.8, 4) is 0 Å². The van der Waals surface area contributed by atoms with Crippen LogP contribution in [0.5, 0.6) is 0 Å². The van der Waals surface area contributed by atoms with Gasteiger partial charge in [0.05, 0.1) is 16.7 Å². The second kappa shape index (κ2) is 6.37. The van der Waals surface area contributed by atoms with Gasteiger partial charge in [0, 0.05) is 0 Å². The van der Waals surface area contributed by atoms with Gasteiger partial charge in [-0.2, -0.15) is 26.7 Å². The van der Waals surface area contributed by atoms with Crippen LogP contribution in [-0.2, 0) is 16.2 Å². The van der Waals surface area contributed by atoms with Gasteiger partial charge in [0.1, 0.15) is 5.82 Å². The predicted octanol–water partition coefficient (Wildman–Crippen LogP) is 3.16. The Hall–Kier alpha value is -2.42. The Labute approximate surface area is 129 Å². The quantitative estimate of drug-likeness (QED) is 0.525. The molecule has 0 saturated heterocycles. The fourth-order valence-corrected chi connectivity index (χ4v) is 2.39. The van der Waals surface area contributed by atoms with Crippen molar-refractivity contribution in [2.45, 2.75) is 11.1 Å². The van der Waals surface area contributed by atoms with Crippen LogP contribution < -0.4 is 4.83 Å². The summed E-state index contributed by atoms with van der Waals surface area (Å²) in [7, 11) is -3.97. The average molecular weight is 346 g/mol. The first-order valence-corrected chi connectivity index (χ1v) is 7.64. The summed E-state index contributed by atoms with van der Waals surface area (Å²) in [5, 5.41) is 3.47. The SMILES string of the molecule is O=S(=O)(N/N=C/c1ccc(C(F)(F)F)cc1)c1ccc(F)cc1. The molecule has 122 valence electrons. The molecule has 0 spiro atoms. The van der Waals surface area contributed by atoms with E-state index >= 15 is 0 Å². The fourth-order valence-electron chi connectivity index (χ4n) is 1.59. The van der Waals surface area contributed by atoms with Crippen molar-refractivity contribution in [2.75, 3.05) is 0 Å². The van der Waals surface area contributed by atoms with Gasteiger partial charge in [0.25, 0.3) is 10.0 Å². The van der Waals surface area contributed by atoms with Crippen LogP contribution in [0.3, 0.4) is 0 Å². The highest BCUT2D eigenvalue weighted by atomic mass is 32.2. The Balaban J connectivity index is 2.07. The molecule has 1 N–H and O–H groups in total. The van der Waals surface area contributed by atoms with Crippen molar-refractivity contribution in [1.82, 2.24) is 4.83 Å². The monoisotopic (exact) mass is 346 g/mol. The molecule has 2 aromatic rings. The van der Waals surface area contributed by atoms with Crippen LogP contribution in [0.15, 0.2) is 58.5 Å². The van der Waals surface area contributed by atoms with Crippen molar-refractivity contribution in [3.63, 3.8) is 0 Å². The van der Waals surface area contributed by atoms with Crippen LogP contribution in [0.2, 0.25) is 0 Å². The van der Waals surface area contributed by atoms with Crippen LogP contribution in [0.1, 0.15) is 11.1 Å². The zero-order chi connectivity index (χ0) is 17.1. The molecule has 0 heterocycles. The molecule has 0 aliphatic carbocycles. The van der Waals surface area contributed by atoms with Gasteiger partial charge in [0.15, 0.2) is 0 Å². The van der Waals surface area contributed by atoms with E-state index in [1.807, 2.05) is 4.83 Å². The van der Waals surface area contributed by atoms with E-state index in [-0.39, 0.29) is 10.5 Å². The summed E-state index contributed by atoms with van der Waals surface area (Å²) in [4.78, 5) is 1.69. The van der Waals surface area contributed by atoms with Crippen molar-refractivity contribution in [3.05, 3.63) is 65.5 Å². The molecule has 0 unspecified atom stereocenters. The van der Waals surface area contributed by atoms with E-state index in [4.69, 9.17) is 0 Å². The Morgan fingerprint density at radius 2 is 1.52 bits per heavy atom. The van der Waals surface area contributed by atoms with Crippen molar-refractivity contribution in [2.24, 2.45) is 5.10 Å². The molecule has 2 rings (SSSR count). The minimum atomic E-state index is -4.44. The van der Waals surface area contributed by atoms with E-state index in [1.54, 1.807) is 0 Å². The smallest absolute Gasteiger partial charge is 0.207 e. The third-order valence-corrected chi connectivity index (χ3v) is 3.99. The maximum atomic E-state index is 12.7. The van der Waals surface area contributed by atoms with Crippen LogP contribution >= 0.6 is 0 Å².